The highest BCUT2D eigenvalue weighted by atomic mass is 16.7. The number of hydrogen-bond acceptors (Lipinski definition) is 7. The lowest BCUT2D eigenvalue weighted by Gasteiger charge is -2.30. The van der Waals surface area contributed by atoms with E-state index in [4.69, 9.17) is 14.2 Å². The molecule has 0 saturated heterocycles. The molecule has 1 aliphatic heterocycles. The number of aliphatic hydroxyl groups is 4. The van der Waals surface area contributed by atoms with Crippen molar-refractivity contribution in [3.05, 3.63) is 64.7 Å². The van der Waals surface area contributed by atoms with Gasteiger partial charge in [-0.15, -0.1) is 0 Å². The van der Waals surface area contributed by atoms with Crippen molar-refractivity contribution in [2.24, 2.45) is 0 Å². The van der Waals surface area contributed by atoms with Gasteiger partial charge in [0.1, 0.15) is 24.1 Å². The molecule has 170 valence electrons. The average molecular weight is 433 g/mol. The quantitative estimate of drug-likeness (QED) is 0.498. The van der Waals surface area contributed by atoms with Crippen LogP contribution in [-0.4, -0.2) is 52.3 Å². The fraction of sp³-hybridized carbons (Fsp3) is 0.500. The van der Waals surface area contributed by atoms with Gasteiger partial charge in [-0.25, -0.2) is 0 Å². The summed E-state index contributed by atoms with van der Waals surface area (Å²) in [5.74, 6) is 0.639. The minimum Gasteiger partial charge on any atom is -0.467 e. The van der Waals surface area contributed by atoms with Gasteiger partial charge in [-0.1, -0.05) is 51.1 Å². The Morgan fingerprint density at radius 2 is 1.74 bits per heavy atom. The molecule has 0 amide bonds. The molecule has 0 spiro atoms. The first-order valence-electron chi connectivity index (χ1n) is 10.4. The molecule has 4 unspecified atom stereocenters. The van der Waals surface area contributed by atoms with E-state index >= 15 is 0 Å². The summed E-state index contributed by atoms with van der Waals surface area (Å²) in [7, 11) is 0. The van der Waals surface area contributed by atoms with Crippen LogP contribution in [0.25, 0.3) is 0 Å². The summed E-state index contributed by atoms with van der Waals surface area (Å²) in [5.41, 5.74) is 3.41. The van der Waals surface area contributed by atoms with E-state index in [2.05, 4.69) is 32.9 Å². The van der Waals surface area contributed by atoms with Crippen LogP contribution in [0.2, 0.25) is 0 Å². The van der Waals surface area contributed by atoms with Gasteiger partial charge >= 0.3 is 0 Å². The van der Waals surface area contributed by atoms with Gasteiger partial charge in [-0.2, -0.15) is 0 Å². The summed E-state index contributed by atoms with van der Waals surface area (Å²) >= 11 is 0. The van der Waals surface area contributed by atoms with Crippen LogP contribution >= 0.6 is 0 Å². The second-order valence-corrected chi connectivity index (χ2v) is 8.91. The van der Waals surface area contributed by atoms with Gasteiger partial charge in [0, 0.05) is 5.56 Å². The molecule has 2 aromatic carbocycles. The van der Waals surface area contributed by atoms with E-state index in [-0.39, 0.29) is 18.3 Å². The first-order chi connectivity index (χ1) is 14.6. The van der Waals surface area contributed by atoms with Gasteiger partial charge < -0.3 is 34.6 Å². The zero-order chi connectivity index (χ0) is 22.8. The van der Waals surface area contributed by atoms with E-state index in [1.54, 1.807) is 18.2 Å². The summed E-state index contributed by atoms with van der Waals surface area (Å²) in [6.45, 7) is 7.58. The Labute approximate surface area is 182 Å². The summed E-state index contributed by atoms with van der Waals surface area (Å²) < 4.78 is 17.1. The average Bonchev–Trinajstić information content (AvgIpc) is 2.72. The largest absolute Gasteiger partial charge is 0.467 e. The highest BCUT2D eigenvalue weighted by Crippen LogP contribution is 2.39. The minimum atomic E-state index is -1.85. The molecule has 4 atom stereocenters. The van der Waals surface area contributed by atoms with Gasteiger partial charge in [0.15, 0.2) is 13.1 Å². The van der Waals surface area contributed by atoms with E-state index in [1.165, 1.54) is 12.5 Å². The van der Waals surface area contributed by atoms with Crippen LogP contribution in [0.5, 0.6) is 5.75 Å². The maximum Gasteiger partial charge on any atom is 0.190 e. The third-order valence-corrected chi connectivity index (χ3v) is 5.48. The molecular formula is C24H32O7. The summed E-state index contributed by atoms with van der Waals surface area (Å²) in [6, 6.07) is 13.4. The lowest BCUT2D eigenvalue weighted by molar-refractivity contribution is -0.188. The van der Waals surface area contributed by atoms with Gasteiger partial charge in [0.05, 0.1) is 12.7 Å². The lowest BCUT2D eigenvalue weighted by Crippen LogP contribution is -2.35. The topological polar surface area (TPSA) is 109 Å². The second kappa shape index (κ2) is 9.65. The molecule has 4 N–H and O–H groups in total. The molecule has 0 aliphatic carbocycles. The van der Waals surface area contributed by atoms with Crippen molar-refractivity contribution in [2.45, 2.75) is 63.8 Å². The third-order valence-electron chi connectivity index (χ3n) is 5.48. The maximum atomic E-state index is 9.89. The van der Waals surface area contributed by atoms with Crippen molar-refractivity contribution in [3.8, 4) is 5.75 Å². The van der Waals surface area contributed by atoms with Crippen LogP contribution in [-0.2, 0) is 14.9 Å². The first-order valence-corrected chi connectivity index (χ1v) is 10.4. The van der Waals surface area contributed by atoms with Gasteiger partial charge in [0.25, 0.3) is 0 Å². The highest BCUT2D eigenvalue weighted by Gasteiger charge is 2.30. The summed E-state index contributed by atoms with van der Waals surface area (Å²) in [6.07, 6.45) is -5.34. The van der Waals surface area contributed by atoms with Gasteiger partial charge in [-0.05, 0) is 41.2 Å². The Kier molecular flexibility index (Phi) is 7.36. The zero-order valence-corrected chi connectivity index (χ0v) is 18.4. The van der Waals surface area contributed by atoms with Crippen molar-refractivity contribution in [1.29, 1.82) is 0 Å². The summed E-state index contributed by atoms with van der Waals surface area (Å²) in [5, 5.41) is 39.0. The van der Waals surface area contributed by atoms with E-state index in [0.29, 0.717) is 11.3 Å². The van der Waals surface area contributed by atoms with Crippen molar-refractivity contribution < 1.29 is 34.6 Å². The number of aliphatic hydroxyl groups excluding tert-OH is 3. The van der Waals surface area contributed by atoms with Crippen LogP contribution in [0.1, 0.15) is 62.2 Å². The second-order valence-electron chi connectivity index (χ2n) is 8.91. The molecule has 7 heteroatoms. The van der Waals surface area contributed by atoms with Crippen LogP contribution in [0, 0.1) is 0 Å². The van der Waals surface area contributed by atoms with E-state index < -0.39 is 31.2 Å². The molecule has 1 heterocycles. The number of fused-ring (bicyclic) bond motifs is 1. The molecule has 0 aromatic heterocycles. The SMILES string of the molecule is CC(O)C(CO)OC(c1ccc2c(c1)C(c1ccc(C(C)(C)C)cc1)OCO2)C(O)O. The third kappa shape index (κ3) is 5.44. The number of hydrogen-bond donors (Lipinski definition) is 4. The fourth-order valence-corrected chi connectivity index (χ4v) is 3.59. The Morgan fingerprint density at radius 3 is 2.29 bits per heavy atom. The van der Waals surface area contributed by atoms with Gasteiger partial charge in [-0.3, -0.25) is 0 Å². The molecule has 0 fully saturated rings. The molecule has 0 bridgehead atoms. The van der Waals surface area contributed by atoms with Crippen LogP contribution < -0.4 is 4.74 Å². The number of ether oxygens (including phenoxy) is 3. The predicted molar refractivity (Wildman–Crippen MR) is 115 cm³/mol. The van der Waals surface area contributed by atoms with Gasteiger partial charge in [0.2, 0.25) is 0 Å². The monoisotopic (exact) mass is 432 g/mol. The van der Waals surface area contributed by atoms with Crippen molar-refractivity contribution >= 4 is 0 Å². The van der Waals surface area contributed by atoms with Crippen LogP contribution in [0.3, 0.4) is 0 Å². The molecule has 1 aliphatic rings. The van der Waals surface area contributed by atoms with E-state index in [0.717, 1.165) is 11.1 Å². The molecular weight excluding hydrogens is 400 g/mol. The Bertz CT molecular complexity index is 855. The maximum absolute atomic E-state index is 9.89. The van der Waals surface area contributed by atoms with Crippen LogP contribution in [0.15, 0.2) is 42.5 Å². The Balaban J connectivity index is 1.94. The standard InChI is InChI=1S/C24H32O7/c1-14(26)20(12-25)31-22(23(27)28)16-7-10-19-18(11-16)21(30-13-29-19)15-5-8-17(9-6-15)24(2,3)4/h5-11,14,20-23,25-28H,12-13H2,1-4H3. The van der Waals surface area contributed by atoms with Crippen LogP contribution in [0.4, 0.5) is 0 Å². The molecule has 0 saturated carbocycles. The normalized spacial score (nSPS) is 19.5. The smallest absolute Gasteiger partial charge is 0.190 e. The number of rotatable bonds is 7. The van der Waals surface area contributed by atoms with E-state index in [1.807, 2.05) is 12.1 Å². The minimum absolute atomic E-state index is 0.0368. The lowest BCUT2D eigenvalue weighted by atomic mass is 9.86. The fourth-order valence-electron chi connectivity index (χ4n) is 3.59. The summed E-state index contributed by atoms with van der Waals surface area (Å²) in [4.78, 5) is 0. The molecule has 31 heavy (non-hydrogen) atoms. The molecule has 0 radical (unpaired) electrons. The van der Waals surface area contributed by atoms with Crippen molar-refractivity contribution in [3.63, 3.8) is 0 Å². The molecule has 3 rings (SSSR count). The first kappa shape index (κ1) is 23.7. The highest BCUT2D eigenvalue weighted by molar-refractivity contribution is 5.45. The zero-order valence-electron chi connectivity index (χ0n) is 18.4. The Morgan fingerprint density at radius 1 is 1.06 bits per heavy atom. The van der Waals surface area contributed by atoms with Crippen molar-refractivity contribution in [1.82, 2.24) is 0 Å². The number of benzene rings is 2. The van der Waals surface area contributed by atoms with E-state index in [9.17, 15) is 20.4 Å². The predicted octanol–water partition coefficient (Wildman–Crippen LogP) is 2.55. The Hall–Kier alpha value is -2.00. The molecule has 7 nitrogen and oxygen atoms in total. The molecule has 2 aromatic rings. The van der Waals surface area contributed by atoms with Crippen molar-refractivity contribution in [2.75, 3.05) is 13.4 Å².